The Hall–Kier alpha value is -3.09. The summed E-state index contributed by atoms with van der Waals surface area (Å²) in [6.07, 6.45) is -1.90. The third kappa shape index (κ3) is 5.77. The van der Waals surface area contributed by atoms with Crippen LogP contribution in [0.2, 0.25) is 0 Å². The van der Waals surface area contributed by atoms with Crippen LogP contribution in [0.3, 0.4) is 0 Å². The Kier molecular flexibility index (Phi) is 6.16. The Labute approximate surface area is 148 Å². The number of rotatable bonds is 6. The van der Waals surface area contributed by atoms with Crippen molar-refractivity contribution in [3.8, 4) is 0 Å². The van der Waals surface area contributed by atoms with Gasteiger partial charge in [0.05, 0.1) is 5.56 Å². The van der Waals surface area contributed by atoms with E-state index in [-0.39, 0.29) is 6.42 Å². The molecule has 2 N–H and O–H groups in total. The minimum absolute atomic E-state index is 0.121. The summed E-state index contributed by atoms with van der Waals surface area (Å²) in [6.45, 7) is 0. The highest BCUT2D eigenvalue weighted by atomic mass is 19.4. The summed E-state index contributed by atoms with van der Waals surface area (Å²) >= 11 is 0. The fourth-order valence-corrected chi connectivity index (χ4v) is 2.22. The molecule has 2 aromatic rings. The van der Waals surface area contributed by atoms with Crippen LogP contribution in [0.5, 0.6) is 0 Å². The van der Waals surface area contributed by atoms with E-state index in [9.17, 15) is 27.9 Å². The fraction of sp³-hybridized carbons (Fsp3) is 0.158. The third-order valence-electron chi connectivity index (χ3n) is 3.56. The summed E-state index contributed by atoms with van der Waals surface area (Å²) in [5, 5.41) is 11.6. The standard InChI is InChI=1S/C19H16F3NO3/c20-19(21,22)15-9-6-13(7-10-15)8-11-17(24)23-16(18(25)26)12-14-4-2-1-3-5-14/h1-11,16H,12H2,(H,23,24)(H,25,26). The predicted octanol–water partition coefficient (Wildman–Crippen LogP) is 3.53. The van der Waals surface area contributed by atoms with Gasteiger partial charge in [-0.2, -0.15) is 13.2 Å². The molecule has 0 aromatic heterocycles. The molecule has 0 saturated heterocycles. The van der Waals surface area contributed by atoms with E-state index in [0.29, 0.717) is 5.56 Å². The number of carbonyl (C=O) groups excluding carboxylic acids is 1. The number of benzene rings is 2. The van der Waals surface area contributed by atoms with Gasteiger partial charge in [-0.25, -0.2) is 4.79 Å². The maximum Gasteiger partial charge on any atom is 0.416 e. The summed E-state index contributed by atoms with van der Waals surface area (Å²) in [5.41, 5.74) is 0.364. The molecule has 2 aromatic carbocycles. The molecule has 2 rings (SSSR count). The molecule has 0 aliphatic rings. The van der Waals surface area contributed by atoms with E-state index in [0.717, 1.165) is 23.8 Å². The van der Waals surface area contributed by atoms with Gasteiger partial charge in [0.15, 0.2) is 0 Å². The van der Waals surface area contributed by atoms with Crippen molar-refractivity contribution < 1.29 is 27.9 Å². The van der Waals surface area contributed by atoms with E-state index in [1.807, 2.05) is 0 Å². The van der Waals surface area contributed by atoms with Crippen molar-refractivity contribution in [3.05, 3.63) is 77.4 Å². The normalized spacial score (nSPS) is 12.7. The van der Waals surface area contributed by atoms with Gasteiger partial charge < -0.3 is 10.4 Å². The highest BCUT2D eigenvalue weighted by molar-refractivity contribution is 5.94. The predicted molar refractivity (Wildman–Crippen MR) is 90.2 cm³/mol. The number of nitrogens with one attached hydrogen (secondary N) is 1. The Bertz CT molecular complexity index is 784. The van der Waals surface area contributed by atoms with Gasteiger partial charge in [-0.1, -0.05) is 42.5 Å². The number of hydrogen-bond donors (Lipinski definition) is 2. The molecule has 0 aliphatic carbocycles. The van der Waals surface area contributed by atoms with E-state index < -0.39 is 29.7 Å². The van der Waals surface area contributed by atoms with Crippen LogP contribution in [0.15, 0.2) is 60.7 Å². The van der Waals surface area contributed by atoms with Crippen molar-refractivity contribution in [2.45, 2.75) is 18.6 Å². The minimum atomic E-state index is -4.42. The van der Waals surface area contributed by atoms with Crippen LogP contribution >= 0.6 is 0 Å². The lowest BCUT2D eigenvalue weighted by molar-refractivity contribution is -0.141. The average molecular weight is 363 g/mol. The molecule has 4 nitrogen and oxygen atoms in total. The van der Waals surface area contributed by atoms with Crippen LogP contribution in [0.1, 0.15) is 16.7 Å². The maximum absolute atomic E-state index is 12.5. The fourth-order valence-electron chi connectivity index (χ4n) is 2.22. The largest absolute Gasteiger partial charge is 0.480 e. The number of amides is 1. The Morgan fingerprint density at radius 2 is 1.65 bits per heavy atom. The van der Waals surface area contributed by atoms with E-state index >= 15 is 0 Å². The van der Waals surface area contributed by atoms with Gasteiger partial charge in [0.2, 0.25) is 5.91 Å². The van der Waals surface area contributed by atoms with Crippen LogP contribution in [0.4, 0.5) is 13.2 Å². The summed E-state index contributed by atoms with van der Waals surface area (Å²) in [6, 6.07) is 12.0. The molecule has 7 heteroatoms. The van der Waals surface area contributed by atoms with Crippen molar-refractivity contribution in [2.75, 3.05) is 0 Å². The SMILES string of the molecule is O=C(C=Cc1ccc(C(F)(F)F)cc1)NC(Cc1ccccc1)C(=O)O. The Morgan fingerprint density at radius 1 is 1.04 bits per heavy atom. The Balaban J connectivity index is 1.99. The Morgan fingerprint density at radius 3 is 2.19 bits per heavy atom. The number of carbonyl (C=O) groups is 2. The molecule has 0 radical (unpaired) electrons. The average Bonchev–Trinajstić information content (AvgIpc) is 2.60. The molecule has 0 spiro atoms. The zero-order valence-corrected chi connectivity index (χ0v) is 13.5. The van der Waals surface area contributed by atoms with Crippen LogP contribution in [0.25, 0.3) is 6.08 Å². The number of carboxylic acid groups (broad SMARTS) is 1. The van der Waals surface area contributed by atoms with E-state index in [1.165, 1.54) is 18.2 Å². The third-order valence-corrected chi connectivity index (χ3v) is 3.56. The molecule has 1 unspecified atom stereocenters. The second-order valence-corrected chi connectivity index (χ2v) is 5.54. The number of hydrogen-bond acceptors (Lipinski definition) is 2. The van der Waals surface area contributed by atoms with Gasteiger partial charge in [0, 0.05) is 12.5 Å². The molecule has 26 heavy (non-hydrogen) atoms. The molecule has 0 aliphatic heterocycles. The van der Waals surface area contributed by atoms with Gasteiger partial charge >= 0.3 is 12.1 Å². The summed E-state index contributed by atoms with van der Waals surface area (Å²) in [5.74, 6) is -1.82. The first-order chi connectivity index (χ1) is 12.3. The van der Waals surface area contributed by atoms with E-state index in [1.54, 1.807) is 30.3 Å². The molecule has 0 heterocycles. The summed E-state index contributed by atoms with van der Waals surface area (Å²) < 4.78 is 37.5. The first kappa shape index (κ1) is 19.2. The van der Waals surface area contributed by atoms with Crippen molar-refractivity contribution >= 4 is 18.0 Å². The van der Waals surface area contributed by atoms with Crippen molar-refractivity contribution in [1.82, 2.24) is 5.32 Å². The summed E-state index contributed by atoms with van der Waals surface area (Å²) in [4.78, 5) is 23.2. The number of aliphatic carboxylic acids is 1. The van der Waals surface area contributed by atoms with Crippen molar-refractivity contribution in [2.24, 2.45) is 0 Å². The quantitative estimate of drug-likeness (QED) is 0.772. The van der Waals surface area contributed by atoms with Crippen LogP contribution < -0.4 is 5.32 Å². The second kappa shape index (κ2) is 8.33. The van der Waals surface area contributed by atoms with Gasteiger partial charge in [-0.3, -0.25) is 4.79 Å². The molecular formula is C19H16F3NO3. The van der Waals surface area contributed by atoms with E-state index in [4.69, 9.17) is 0 Å². The highest BCUT2D eigenvalue weighted by Crippen LogP contribution is 2.29. The molecule has 0 saturated carbocycles. The van der Waals surface area contributed by atoms with Gasteiger partial charge in [0.25, 0.3) is 0 Å². The smallest absolute Gasteiger partial charge is 0.416 e. The molecule has 1 atom stereocenters. The molecule has 1 amide bonds. The van der Waals surface area contributed by atoms with Gasteiger partial charge in [-0.15, -0.1) is 0 Å². The van der Waals surface area contributed by atoms with Crippen LogP contribution in [-0.2, 0) is 22.2 Å². The molecule has 0 fully saturated rings. The maximum atomic E-state index is 12.5. The molecule has 0 bridgehead atoms. The molecular weight excluding hydrogens is 347 g/mol. The number of halogens is 3. The van der Waals surface area contributed by atoms with Crippen LogP contribution in [0, 0.1) is 0 Å². The number of carboxylic acids is 1. The zero-order chi connectivity index (χ0) is 19.2. The second-order valence-electron chi connectivity index (χ2n) is 5.54. The highest BCUT2D eigenvalue weighted by Gasteiger charge is 2.29. The van der Waals surface area contributed by atoms with Crippen LogP contribution in [-0.4, -0.2) is 23.0 Å². The first-order valence-corrected chi connectivity index (χ1v) is 7.68. The van der Waals surface area contributed by atoms with Crippen molar-refractivity contribution in [1.29, 1.82) is 0 Å². The topological polar surface area (TPSA) is 66.4 Å². The zero-order valence-electron chi connectivity index (χ0n) is 13.5. The lowest BCUT2D eigenvalue weighted by atomic mass is 10.1. The van der Waals surface area contributed by atoms with Gasteiger partial charge in [0.1, 0.15) is 6.04 Å². The molecule has 136 valence electrons. The lowest BCUT2D eigenvalue weighted by Crippen LogP contribution is -2.41. The van der Waals surface area contributed by atoms with Crippen molar-refractivity contribution in [3.63, 3.8) is 0 Å². The first-order valence-electron chi connectivity index (χ1n) is 7.68. The van der Waals surface area contributed by atoms with E-state index in [2.05, 4.69) is 5.32 Å². The minimum Gasteiger partial charge on any atom is -0.480 e. The lowest BCUT2D eigenvalue weighted by Gasteiger charge is -2.13. The summed E-state index contributed by atoms with van der Waals surface area (Å²) in [7, 11) is 0. The number of alkyl halides is 3. The van der Waals surface area contributed by atoms with Gasteiger partial charge in [-0.05, 0) is 29.3 Å². The monoisotopic (exact) mass is 363 g/mol.